The van der Waals surface area contributed by atoms with Crippen molar-refractivity contribution in [1.82, 2.24) is 4.57 Å². The van der Waals surface area contributed by atoms with Crippen molar-refractivity contribution in [3.8, 4) is 0 Å². The van der Waals surface area contributed by atoms with Crippen LogP contribution >= 0.6 is 0 Å². The molecule has 0 radical (unpaired) electrons. The van der Waals surface area contributed by atoms with Crippen molar-refractivity contribution >= 4 is 27.5 Å². The average molecular weight is 273 g/mol. The summed E-state index contributed by atoms with van der Waals surface area (Å²) in [6, 6.07) is 17.0. The van der Waals surface area contributed by atoms with Crippen LogP contribution in [-0.2, 0) is 0 Å². The van der Waals surface area contributed by atoms with Crippen LogP contribution in [0.1, 0.15) is 13.8 Å². The van der Waals surface area contributed by atoms with E-state index in [1.807, 2.05) is 13.0 Å². The molecule has 0 saturated heterocycles. The van der Waals surface area contributed by atoms with Gasteiger partial charge in [-0.1, -0.05) is 55.1 Å². The van der Waals surface area contributed by atoms with Crippen molar-refractivity contribution < 1.29 is 0 Å². The van der Waals surface area contributed by atoms with Crippen LogP contribution in [0.2, 0.25) is 0 Å². The van der Waals surface area contributed by atoms with Gasteiger partial charge in [-0.3, -0.25) is 0 Å². The Bertz CT molecular complexity index is 822. The minimum Gasteiger partial charge on any atom is -0.310 e. The quantitative estimate of drug-likeness (QED) is 0.532. The molecule has 0 atom stereocenters. The lowest BCUT2D eigenvalue weighted by atomic mass is 10.2. The minimum absolute atomic E-state index is 0.989. The third-order valence-corrected chi connectivity index (χ3v) is 3.69. The molecule has 0 aliphatic carbocycles. The molecule has 21 heavy (non-hydrogen) atoms. The van der Waals surface area contributed by atoms with Gasteiger partial charge in [-0.15, -0.1) is 0 Å². The third-order valence-electron chi connectivity index (χ3n) is 3.69. The first-order valence-electron chi connectivity index (χ1n) is 7.21. The maximum absolute atomic E-state index is 4.27. The van der Waals surface area contributed by atoms with Gasteiger partial charge in [-0.25, -0.2) is 0 Å². The lowest BCUT2D eigenvalue weighted by Crippen LogP contribution is -1.93. The fourth-order valence-corrected chi connectivity index (χ4v) is 2.87. The van der Waals surface area contributed by atoms with Crippen LogP contribution in [0.5, 0.6) is 0 Å². The molecule has 0 amide bonds. The van der Waals surface area contributed by atoms with E-state index >= 15 is 0 Å². The second-order valence-corrected chi connectivity index (χ2v) is 5.25. The maximum Gasteiger partial charge on any atom is 0.0540 e. The van der Waals surface area contributed by atoms with Gasteiger partial charge < -0.3 is 4.57 Å². The van der Waals surface area contributed by atoms with Crippen LogP contribution in [0, 0.1) is 0 Å². The third kappa shape index (κ3) is 2.31. The predicted octanol–water partition coefficient (Wildman–Crippen LogP) is 5.79. The summed E-state index contributed by atoms with van der Waals surface area (Å²) in [6.45, 7) is 8.40. The van der Waals surface area contributed by atoms with Crippen LogP contribution in [0.15, 0.2) is 78.9 Å². The average Bonchev–Trinajstić information content (AvgIpc) is 2.82. The van der Waals surface area contributed by atoms with Gasteiger partial charge in [0.25, 0.3) is 0 Å². The number of aromatic nitrogens is 1. The monoisotopic (exact) mass is 273 g/mol. The van der Waals surface area contributed by atoms with E-state index in [0.717, 1.165) is 5.70 Å². The van der Waals surface area contributed by atoms with E-state index in [2.05, 4.69) is 78.8 Å². The Morgan fingerprint density at radius 2 is 1.48 bits per heavy atom. The first-order chi connectivity index (χ1) is 10.2. The van der Waals surface area contributed by atoms with Crippen LogP contribution in [0.3, 0.4) is 0 Å². The standard InChI is InChI=1S/C20H19N/c1-4-9-15(2)14-16(3)21-19-12-7-5-10-17(19)18-11-6-8-13-20(18)21/h4-14H,3H2,1-2H3/b9-4+,15-14-. The van der Waals surface area contributed by atoms with Crippen LogP contribution in [0.25, 0.3) is 27.5 Å². The van der Waals surface area contributed by atoms with Gasteiger partial charge in [-0.2, -0.15) is 0 Å². The second-order valence-electron chi connectivity index (χ2n) is 5.25. The first-order valence-corrected chi connectivity index (χ1v) is 7.21. The molecule has 0 fully saturated rings. The highest BCUT2D eigenvalue weighted by Gasteiger charge is 2.10. The highest BCUT2D eigenvalue weighted by atomic mass is 15.0. The number of hydrogen-bond acceptors (Lipinski definition) is 0. The Morgan fingerprint density at radius 3 is 2.00 bits per heavy atom. The SMILES string of the molecule is C=C(/C=C(C)\C=C\C)n1c2ccccc2c2ccccc21. The molecule has 2 aromatic carbocycles. The topological polar surface area (TPSA) is 4.93 Å². The van der Waals surface area contributed by atoms with E-state index < -0.39 is 0 Å². The number of para-hydroxylation sites is 2. The Balaban J connectivity index is 2.30. The summed E-state index contributed by atoms with van der Waals surface area (Å²) in [4.78, 5) is 0. The summed E-state index contributed by atoms with van der Waals surface area (Å²) in [5, 5.41) is 2.54. The number of hydrogen-bond donors (Lipinski definition) is 0. The molecule has 0 aliphatic rings. The Labute approximate surface area is 125 Å². The summed E-state index contributed by atoms with van der Waals surface area (Å²) in [6.07, 6.45) is 6.27. The predicted molar refractivity (Wildman–Crippen MR) is 93.3 cm³/mol. The molecular formula is C20H19N. The van der Waals surface area contributed by atoms with Crippen LogP contribution < -0.4 is 0 Å². The molecule has 0 saturated carbocycles. The summed E-state index contributed by atoms with van der Waals surface area (Å²) in [5.41, 5.74) is 4.59. The molecule has 1 heteroatoms. The van der Waals surface area contributed by atoms with E-state index in [4.69, 9.17) is 0 Å². The Hall–Kier alpha value is -2.54. The summed E-state index contributed by atoms with van der Waals surface area (Å²) < 4.78 is 2.23. The number of benzene rings is 2. The molecule has 0 N–H and O–H groups in total. The largest absolute Gasteiger partial charge is 0.310 e. The zero-order valence-corrected chi connectivity index (χ0v) is 12.5. The molecule has 3 rings (SSSR count). The Morgan fingerprint density at radius 1 is 0.952 bits per heavy atom. The highest BCUT2D eigenvalue weighted by molar-refractivity contribution is 6.10. The summed E-state index contributed by atoms with van der Waals surface area (Å²) in [5.74, 6) is 0. The van der Waals surface area contributed by atoms with Gasteiger partial charge >= 0.3 is 0 Å². The number of rotatable bonds is 3. The van der Waals surface area contributed by atoms with E-state index in [0.29, 0.717) is 0 Å². The molecule has 1 heterocycles. The second kappa shape index (κ2) is 5.45. The van der Waals surface area contributed by atoms with Crippen molar-refractivity contribution in [2.24, 2.45) is 0 Å². The highest BCUT2D eigenvalue weighted by Crippen LogP contribution is 2.31. The molecule has 3 aromatic rings. The fourth-order valence-electron chi connectivity index (χ4n) is 2.87. The molecule has 0 spiro atoms. The normalized spacial score (nSPS) is 12.6. The summed E-state index contributed by atoms with van der Waals surface area (Å²) in [7, 11) is 0. The summed E-state index contributed by atoms with van der Waals surface area (Å²) >= 11 is 0. The minimum atomic E-state index is 0.989. The number of nitrogens with zero attached hydrogens (tertiary/aromatic N) is 1. The zero-order chi connectivity index (χ0) is 14.8. The van der Waals surface area contributed by atoms with Gasteiger partial charge in [-0.05, 0) is 37.6 Å². The van der Waals surface area contributed by atoms with Crippen LogP contribution in [0.4, 0.5) is 0 Å². The number of fused-ring (bicyclic) bond motifs is 3. The smallest absolute Gasteiger partial charge is 0.0540 e. The van der Waals surface area contributed by atoms with E-state index in [1.165, 1.54) is 27.4 Å². The van der Waals surface area contributed by atoms with Gasteiger partial charge in [0.2, 0.25) is 0 Å². The lowest BCUT2D eigenvalue weighted by Gasteiger charge is -2.07. The van der Waals surface area contributed by atoms with E-state index in [9.17, 15) is 0 Å². The van der Waals surface area contributed by atoms with Crippen molar-refractivity contribution in [2.75, 3.05) is 0 Å². The molecular weight excluding hydrogens is 254 g/mol. The van der Waals surface area contributed by atoms with Gasteiger partial charge in [0.15, 0.2) is 0 Å². The molecule has 1 nitrogen and oxygen atoms in total. The van der Waals surface area contributed by atoms with Gasteiger partial charge in [0, 0.05) is 16.5 Å². The first kappa shape index (κ1) is 13.4. The van der Waals surface area contributed by atoms with E-state index in [1.54, 1.807) is 0 Å². The Kier molecular flexibility index (Phi) is 3.49. The van der Waals surface area contributed by atoms with Crippen LogP contribution in [-0.4, -0.2) is 4.57 Å². The molecule has 104 valence electrons. The zero-order valence-electron chi connectivity index (χ0n) is 12.5. The molecule has 0 bridgehead atoms. The molecule has 0 unspecified atom stereocenters. The fraction of sp³-hybridized carbons (Fsp3) is 0.100. The molecule has 0 aliphatic heterocycles. The van der Waals surface area contributed by atoms with Gasteiger partial charge in [0.05, 0.1) is 11.0 Å². The van der Waals surface area contributed by atoms with Crippen molar-refractivity contribution in [2.45, 2.75) is 13.8 Å². The van der Waals surface area contributed by atoms with Gasteiger partial charge in [0.1, 0.15) is 0 Å². The maximum atomic E-state index is 4.27. The van der Waals surface area contributed by atoms with E-state index in [-0.39, 0.29) is 0 Å². The lowest BCUT2D eigenvalue weighted by molar-refractivity contribution is 1.24. The molecule has 1 aromatic heterocycles. The van der Waals surface area contributed by atoms with Crippen molar-refractivity contribution in [3.05, 3.63) is 78.9 Å². The van der Waals surface area contributed by atoms with Crippen molar-refractivity contribution in [1.29, 1.82) is 0 Å². The van der Waals surface area contributed by atoms with Crippen molar-refractivity contribution in [3.63, 3.8) is 0 Å². The number of allylic oxidation sites excluding steroid dienone is 5.